The van der Waals surface area contributed by atoms with Crippen LogP contribution in [0.3, 0.4) is 0 Å². The maximum absolute atomic E-state index is 9.55. The third-order valence-electron chi connectivity index (χ3n) is 3.67. The molecule has 4 nitrogen and oxygen atoms in total. The second kappa shape index (κ2) is 7.87. The number of nitriles is 1. The topological polar surface area (TPSA) is 59.0 Å². The van der Waals surface area contributed by atoms with Crippen LogP contribution in [-0.4, -0.2) is 11.6 Å². The lowest BCUT2D eigenvalue weighted by atomic mass is 10.1. The number of halogens is 1. The van der Waals surface area contributed by atoms with Crippen molar-refractivity contribution in [1.82, 2.24) is 4.98 Å². The Labute approximate surface area is 151 Å². The molecular weight excluding hydrogens is 336 g/mol. The monoisotopic (exact) mass is 352 g/mol. The minimum absolute atomic E-state index is 0.281. The highest BCUT2D eigenvalue weighted by atomic mass is 35.5. The van der Waals surface area contributed by atoms with Crippen LogP contribution in [0.1, 0.15) is 31.2 Å². The molecule has 0 spiro atoms. The lowest BCUT2D eigenvalue weighted by molar-refractivity contribution is 0.309. The van der Waals surface area contributed by atoms with Crippen LogP contribution < -0.4 is 4.74 Å². The molecule has 25 heavy (non-hydrogen) atoms. The second-order valence-corrected chi connectivity index (χ2v) is 5.98. The third kappa shape index (κ3) is 4.01. The number of allylic oxidation sites excluding steroid dienone is 1. The van der Waals surface area contributed by atoms with Crippen molar-refractivity contribution >= 4 is 34.3 Å². The Hall–Kier alpha value is -2.77. The average Bonchev–Trinajstić information content (AvgIpc) is 3.05. The van der Waals surface area contributed by atoms with Crippen LogP contribution in [0.2, 0.25) is 5.02 Å². The zero-order chi connectivity index (χ0) is 17.6. The number of hydrogen-bond acceptors (Lipinski definition) is 4. The quantitative estimate of drug-likeness (QED) is 0.420. The molecule has 0 aliphatic carbocycles. The Kier molecular flexibility index (Phi) is 5.37. The van der Waals surface area contributed by atoms with E-state index >= 15 is 0 Å². The SMILES string of the molecule is CCCCOc1ccc(Cl)cc1C=C(C#N)c1nc2ccccc2o1. The number of nitrogens with zero attached hydrogens (tertiary/aromatic N) is 2. The zero-order valence-corrected chi connectivity index (χ0v) is 14.6. The molecule has 0 bridgehead atoms. The number of benzene rings is 2. The highest BCUT2D eigenvalue weighted by Gasteiger charge is 2.12. The van der Waals surface area contributed by atoms with Crippen molar-refractivity contribution < 1.29 is 9.15 Å². The second-order valence-electron chi connectivity index (χ2n) is 5.54. The third-order valence-corrected chi connectivity index (χ3v) is 3.91. The fourth-order valence-corrected chi connectivity index (χ4v) is 2.56. The van der Waals surface area contributed by atoms with Crippen LogP contribution in [0, 0.1) is 11.3 Å². The number of rotatable bonds is 6. The highest BCUT2D eigenvalue weighted by molar-refractivity contribution is 6.30. The van der Waals surface area contributed by atoms with Crippen LogP contribution in [0.5, 0.6) is 5.75 Å². The van der Waals surface area contributed by atoms with E-state index in [9.17, 15) is 5.26 Å². The molecule has 5 heteroatoms. The summed E-state index contributed by atoms with van der Waals surface area (Å²) in [6.07, 6.45) is 3.70. The molecule has 1 heterocycles. The first-order valence-corrected chi connectivity index (χ1v) is 8.49. The lowest BCUT2D eigenvalue weighted by Crippen LogP contribution is -1.98. The molecule has 3 rings (SSSR count). The van der Waals surface area contributed by atoms with Crippen molar-refractivity contribution in [2.75, 3.05) is 6.61 Å². The van der Waals surface area contributed by atoms with E-state index in [-0.39, 0.29) is 5.89 Å². The Bertz CT molecular complexity index is 921. The first-order valence-electron chi connectivity index (χ1n) is 8.11. The van der Waals surface area contributed by atoms with Gasteiger partial charge in [-0.3, -0.25) is 0 Å². The van der Waals surface area contributed by atoms with Gasteiger partial charge in [-0.1, -0.05) is 37.1 Å². The van der Waals surface area contributed by atoms with Crippen molar-refractivity contribution in [2.45, 2.75) is 19.8 Å². The molecule has 0 unspecified atom stereocenters. The van der Waals surface area contributed by atoms with Gasteiger partial charge in [0.25, 0.3) is 0 Å². The van der Waals surface area contributed by atoms with E-state index in [1.165, 1.54) is 0 Å². The van der Waals surface area contributed by atoms with E-state index in [1.807, 2.05) is 30.3 Å². The van der Waals surface area contributed by atoms with Crippen molar-refractivity contribution in [3.05, 3.63) is 58.9 Å². The summed E-state index contributed by atoms with van der Waals surface area (Å²) in [5, 5.41) is 10.1. The van der Waals surface area contributed by atoms with E-state index in [0.29, 0.717) is 34.1 Å². The summed E-state index contributed by atoms with van der Waals surface area (Å²) in [6, 6.07) is 14.9. The maximum atomic E-state index is 9.55. The van der Waals surface area contributed by atoms with Gasteiger partial charge in [-0.2, -0.15) is 5.26 Å². The zero-order valence-electron chi connectivity index (χ0n) is 13.8. The van der Waals surface area contributed by atoms with Gasteiger partial charge < -0.3 is 9.15 Å². The molecule has 0 amide bonds. The molecule has 126 valence electrons. The van der Waals surface area contributed by atoms with Gasteiger partial charge in [-0.25, -0.2) is 4.98 Å². The minimum Gasteiger partial charge on any atom is -0.493 e. The number of para-hydroxylation sites is 2. The molecule has 0 aliphatic heterocycles. The summed E-state index contributed by atoms with van der Waals surface area (Å²) in [5.74, 6) is 0.963. The molecule has 2 aromatic carbocycles. The number of aromatic nitrogens is 1. The van der Waals surface area contributed by atoms with Gasteiger partial charge in [-0.05, 0) is 42.8 Å². The summed E-state index contributed by atoms with van der Waals surface area (Å²) in [5.41, 5.74) is 2.40. The molecule has 3 aromatic rings. The number of oxazole rings is 1. The van der Waals surface area contributed by atoms with Crippen LogP contribution in [0.4, 0.5) is 0 Å². The summed E-state index contributed by atoms with van der Waals surface area (Å²) >= 11 is 6.11. The van der Waals surface area contributed by atoms with E-state index < -0.39 is 0 Å². The van der Waals surface area contributed by atoms with Crippen molar-refractivity contribution in [3.8, 4) is 11.8 Å². The van der Waals surface area contributed by atoms with E-state index in [2.05, 4.69) is 18.0 Å². The van der Waals surface area contributed by atoms with Gasteiger partial charge in [0.2, 0.25) is 5.89 Å². The predicted octanol–water partition coefficient (Wildman–Crippen LogP) is 5.72. The van der Waals surface area contributed by atoms with E-state index in [4.69, 9.17) is 20.8 Å². The van der Waals surface area contributed by atoms with Gasteiger partial charge in [0.05, 0.1) is 6.61 Å². The highest BCUT2D eigenvalue weighted by Crippen LogP contribution is 2.28. The Morgan fingerprint density at radius 2 is 2.16 bits per heavy atom. The summed E-state index contributed by atoms with van der Waals surface area (Å²) < 4.78 is 11.5. The van der Waals surface area contributed by atoms with Crippen molar-refractivity contribution in [3.63, 3.8) is 0 Å². The molecule has 0 radical (unpaired) electrons. The molecular formula is C20H17ClN2O2. The molecule has 1 aromatic heterocycles. The normalized spacial score (nSPS) is 11.5. The average molecular weight is 353 g/mol. The van der Waals surface area contributed by atoms with Gasteiger partial charge >= 0.3 is 0 Å². The van der Waals surface area contributed by atoms with Crippen LogP contribution in [0.15, 0.2) is 46.9 Å². The smallest absolute Gasteiger partial charge is 0.238 e. The maximum Gasteiger partial charge on any atom is 0.238 e. The largest absolute Gasteiger partial charge is 0.493 e. The molecule has 0 N–H and O–H groups in total. The predicted molar refractivity (Wildman–Crippen MR) is 99.3 cm³/mol. The summed E-state index contributed by atoms with van der Waals surface area (Å²) in [6.45, 7) is 2.72. The number of hydrogen-bond donors (Lipinski definition) is 0. The first kappa shape index (κ1) is 17.1. The minimum atomic E-state index is 0.281. The first-order chi connectivity index (χ1) is 12.2. The Balaban J connectivity index is 1.99. The lowest BCUT2D eigenvalue weighted by Gasteiger charge is -2.09. The Morgan fingerprint density at radius 1 is 1.32 bits per heavy atom. The van der Waals surface area contributed by atoms with Gasteiger partial charge in [0.15, 0.2) is 5.58 Å². The standard InChI is InChI=1S/C20H17ClN2O2/c1-2-3-10-24-18-9-8-16(21)12-14(18)11-15(13-22)20-23-17-6-4-5-7-19(17)25-20/h4-9,11-12H,2-3,10H2,1H3. The Morgan fingerprint density at radius 3 is 2.92 bits per heavy atom. The summed E-state index contributed by atoms with van der Waals surface area (Å²) in [4.78, 5) is 4.38. The van der Waals surface area contributed by atoms with Gasteiger partial charge in [-0.15, -0.1) is 0 Å². The van der Waals surface area contributed by atoms with E-state index in [0.717, 1.165) is 18.4 Å². The number of unbranched alkanes of at least 4 members (excludes halogenated alkanes) is 1. The van der Waals surface area contributed by atoms with Gasteiger partial charge in [0, 0.05) is 10.6 Å². The van der Waals surface area contributed by atoms with Crippen molar-refractivity contribution in [2.24, 2.45) is 0 Å². The van der Waals surface area contributed by atoms with Crippen LogP contribution in [0.25, 0.3) is 22.7 Å². The van der Waals surface area contributed by atoms with Crippen molar-refractivity contribution in [1.29, 1.82) is 5.26 Å². The molecule has 0 fully saturated rings. The molecule has 0 saturated heterocycles. The van der Waals surface area contributed by atoms with Crippen LogP contribution in [-0.2, 0) is 0 Å². The van der Waals surface area contributed by atoms with Crippen LogP contribution >= 0.6 is 11.6 Å². The number of fused-ring (bicyclic) bond motifs is 1. The molecule has 0 aliphatic rings. The summed E-state index contributed by atoms with van der Waals surface area (Å²) in [7, 11) is 0. The fraction of sp³-hybridized carbons (Fsp3) is 0.200. The van der Waals surface area contributed by atoms with Gasteiger partial charge in [0.1, 0.15) is 22.9 Å². The molecule has 0 atom stereocenters. The molecule has 0 saturated carbocycles. The van der Waals surface area contributed by atoms with E-state index in [1.54, 1.807) is 18.2 Å². The fourth-order valence-electron chi connectivity index (χ4n) is 2.37. The number of ether oxygens (including phenoxy) is 1.